The van der Waals surface area contributed by atoms with Crippen LogP contribution >= 0.6 is 11.6 Å². The van der Waals surface area contributed by atoms with Gasteiger partial charge in [-0.25, -0.2) is 4.98 Å². The molecule has 1 heterocycles. The van der Waals surface area contributed by atoms with Gasteiger partial charge in [0.25, 0.3) is 0 Å². The monoisotopic (exact) mass is 199 g/mol. The van der Waals surface area contributed by atoms with Gasteiger partial charge in [0.05, 0.1) is 7.11 Å². The summed E-state index contributed by atoms with van der Waals surface area (Å²) >= 11 is 5.81. The van der Waals surface area contributed by atoms with Crippen LogP contribution in [0.15, 0.2) is 12.3 Å². The van der Waals surface area contributed by atoms with E-state index in [-0.39, 0.29) is 5.78 Å². The topological polar surface area (TPSA) is 39.2 Å². The van der Waals surface area contributed by atoms with Gasteiger partial charge in [-0.2, -0.15) is 0 Å². The number of methoxy groups -OCH3 is 1. The molecule has 0 aliphatic heterocycles. The van der Waals surface area contributed by atoms with Crippen molar-refractivity contribution in [2.45, 2.75) is 13.3 Å². The van der Waals surface area contributed by atoms with Gasteiger partial charge < -0.3 is 4.74 Å². The van der Waals surface area contributed by atoms with Crippen molar-refractivity contribution in [3.05, 3.63) is 22.8 Å². The average molecular weight is 200 g/mol. The Morgan fingerprint density at radius 3 is 2.85 bits per heavy atom. The minimum Gasteiger partial charge on any atom is -0.480 e. The zero-order valence-corrected chi connectivity index (χ0v) is 8.26. The number of hydrogen-bond acceptors (Lipinski definition) is 3. The lowest BCUT2D eigenvalue weighted by Crippen LogP contribution is -1.98. The highest BCUT2D eigenvalue weighted by Crippen LogP contribution is 2.21. The van der Waals surface area contributed by atoms with Gasteiger partial charge >= 0.3 is 0 Å². The maximum absolute atomic E-state index is 10.8. The molecule has 0 fully saturated rings. The van der Waals surface area contributed by atoms with Crippen LogP contribution in [0.4, 0.5) is 0 Å². The highest BCUT2D eigenvalue weighted by Gasteiger charge is 2.04. The van der Waals surface area contributed by atoms with Crippen molar-refractivity contribution in [2.75, 3.05) is 7.11 Å². The van der Waals surface area contributed by atoms with Crippen molar-refractivity contribution in [1.29, 1.82) is 0 Å². The molecule has 0 saturated carbocycles. The number of carbonyl (C=O) groups excluding carboxylic acids is 1. The molecule has 0 N–H and O–H groups in total. The second-order valence-corrected chi connectivity index (χ2v) is 3.12. The van der Waals surface area contributed by atoms with E-state index in [0.29, 0.717) is 17.3 Å². The van der Waals surface area contributed by atoms with Crippen LogP contribution < -0.4 is 4.74 Å². The Morgan fingerprint density at radius 1 is 1.69 bits per heavy atom. The number of hydrogen-bond donors (Lipinski definition) is 0. The summed E-state index contributed by atoms with van der Waals surface area (Å²) in [7, 11) is 1.50. The molecule has 0 radical (unpaired) electrons. The van der Waals surface area contributed by atoms with Crippen molar-refractivity contribution in [2.24, 2.45) is 0 Å². The molecule has 0 saturated heterocycles. The number of ether oxygens (including phenoxy) is 1. The number of nitrogens with zero attached hydrogens (tertiary/aromatic N) is 1. The van der Waals surface area contributed by atoms with Crippen molar-refractivity contribution in [3.63, 3.8) is 0 Å². The number of rotatable bonds is 3. The molecular weight excluding hydrogens is 190 g/mol. The molecule has 0 aliphatic carbocycles. The average Bonchev–Trinajstić information content (AvgIpc) is 2.03. The van der Waals surface area contributed by atoms with Gasteiger partial charge in [-0.1, -0.05) is 11.6 Å². The van der Waals surface area contributed by atoms with Crippen LogP contribution in [0.25, 0.3) is 0 Å². The van der Waals surface area contributed by atoms with E-state index in [1.165, 1.54) is 14.0 Å². The molecule has 0 bridgehead atoms. The number of Topliss-reactive ketones (excluding diaryl/α,β-unsaturated/α-hetero) is 1. The van der Waals surface area contributed by atoms with Gasteiger partial charge in [-0.3, -0.25) is 4.79 Å². The summed E-state index contributed by atoms with van der Waals surface area (Å²) in [5.74, 6) is 0.469. The smallest absolute Gasteiger partial charge is 0.232 e. The molecule has 1 rings (SSSR count). The summed E-state index contributed by atoms with van der Waals surface area (Å²) in [6.07, 6.45) is 1.95. The first-order valence-electron chi connectivity index (χ1n) is 3.81. The number of pyridine rings is 1. The van der Waals surface area contributed by atoms with E-state index in [2.05, 4.69) is 4.98 Å². The second kappa shape index (κ2) is 4.23. The Balaban J connectivity index is 2.89. The fourth-order valence-corrected chi connectivity index (χ4v) is 1.27. The normalized spacial score (nSPS) is 9.77. The summed E-state index contributed by atoms with van der Waals surface area (Å²) in [6, 6.07) is 1.69. The van der Waals surface area contributed by atoms with Crippen LogP contribution in [-0.4, -0.2) is 17.9 Å². The van der Waals surface area contributed by atoms with E-state index < -0.39 is 0 Å². The predicted molar refractivity (Wildman–Crippen MR) is 50.2 cm³/mol. The summed E-state index contributed by atoms with van der Waals surface area (Å²) in [5, 5.41) is 0.432. The van der Waals surface area contributed by atoms with Crippen molar-refractivity contribution in [3.8, 4) is 5.88 Å². The first-order chi connectivity index (χ1) is 6.13. The maximum atomic E-state index is 10.8. The van der Waals surface area contributed by atoms with Gasteiger partial charge in [0.15, 0.2) is 0 Å². The SMILES string of the molecule is COc1ncc(CC(C)=O)cc1Cl. The van der Waals surface area contributed by atoms with E-state index >= 15 is 0 Å². The van der Waals surface area contributed by atoms with Crippen molar-refractivity contribution < 1.29 is 9.53 Å². The molecule has 0 aromatic carbocycles. The quantitative estimate of drug-likeness (QED) is 0.746. The highest BCUT2D eigenvalue weighted by atomic mass is 35.5. The van der Waals surface area contributed by atoms with E-state index in [4.69, 9.17) is 16.3 Å². The van der Waals surface area contributed by atoms with Crippen LogP contribution in [-0.2, 0) is 11.2 Å². The van der Waals surface area contributed by atoms with Gasteiger partial charge in [-0.05, 0) is 18.6 Å². The molecular formula is C9H10ClNO2. The van der Waals surface area contributed by atoms with Crippen LogP contribution in [0.1, 0.15) is 12.5 Å². The van der Waals surface area contributed by atoms with Gasteiger partial charge in [0.2, 0.25) is 5.88 Å². The number of aromatic nitrogens is 1. The molecule has 0 unspecified atom stereocenters. The zero-order valence-electron chi connectivity index (χ0n) is 7.50. The van der Waals surface area contributed by atoms with Gasteiger partial charge in [0, 0.05) is 12.6 Å². The molecule has 1 aromatic heterocycles. The lowest BCUT2D eigenvalue weighted by atomic mass is 10.1. The van der Waals surface area contributed by atoms with Crippen LogP contribution in [0.3, 0.4) is 0 Å². The Bertz CT molecular complexity index is 325. The number of ketones is 1. The summed E-state index contributed by atoms with van der Waals surface area (Å²) in [4.78, 5) is 14.7. The molecule has 0 aliphatic rings. The maximum Gasteiger partial charge on any atom is 0.232 e. The fourth-order valence-electron chi connectivity index (χ4n) is 0.999. The Hall–Kier alpha value is -1.09. The summed E-state index contributed by atoms with van der Waals surface area (Å²) in [5.41, 5.74) is 0.804. The third-order valence-corrected chi connectivity index (χ3v) is 1.78. The largest absolute Gasteiger partial charge is 0.480 e. The van der Waals surface area contributed by atoms with Gasteiger partial charge in [0.1, 0.15) is 10.8 Å². The first kappa shape index (κ1) is 9.99. The third-order valence-electron chi connectivity index (χ3n) is 1.51. The predicted octanol–water partition coefficient (Wildman–Crippen LogP) is 1.88. The molecule has 4 heteroatoms. The number of carbonyl (C=O) groups is 1. The Labute approximate surface area is 81.7 Å². The minimum absolute atomic E-state index is 0.0861. The molecule has 1 aromatic rings. The minimum atomic E-state index is 0.0861. The Kier molecular flexibility index (Phi) is 3.25. The number of halogens is 1. The fraction of sp³-hybridized carbons (Fsp3) is 0.333. The van der Waals surface area contributed by atoms with E-state index in [0.717, 1.165) is 5.56 Å². The van der Waals surface area contributed by atoms with Crippen LogP contribution in [0.5, 0.6) is 5.88 Å². The molecule has 70 valence electrons. The Morgan fingerprint density at radius 2 is 2.38 bits per heavy atom. The summed E-state index contributed by atoms with van der Waals surface area (Å²) < 4.78 is 4.88. The lowest BCUT2D eigenvalue weighted by molar-refractivity contribution is -0.116. The van der Waals surface area contributed by atoms with E-state index in [1.807, 2.05) is 0 Å². The van der Waals surface area contributed by atoms with Gasteiger partial charge in [-0.15, -0.1) is 0 Å². The molecule has 13 heavy (non-hydrogen) atoms. The van der Waals surface area contributed by atoms with Crippen LogP contribution in [0.2, 0.25) is 5.02 Å². The lowest BCUT2D eigenvalue weighted by Gasteiger charge is -2.02. The standard InChI is InChI=1S/C9H10ClNO2/c1-6(12)3-7-4-8(10)9(13-2)11-5-7/h4-5H,3H2,1-2H3. The van der Waals surface area contributed by atoms with Crippen molar-refractivity contribution in [1.82, 2.24) is 4.98 Å². The van der Waals surface area contributed by atoms with E-state index in [9.17, 15) is 4.79 Å². The molecule has 0 spiro atoms. The van der Waals surface area contributed by atoms with Crippen molar-refractivity contribution >= 4 is 17.4 Å². The molecule has 0 atom stereocenters. The van der Waals surface area contributed by atoms with E-state index in [1.54, 1.807) is 12.3 Å². The summed E-state index contributed by atoms with van der Waals surface area (Å²) in [6.45, 7) is 1.53. The molecule has 0 amide bonds. The first-order valence-corrected chi connectivity index (χ1v) is 4.19. The zero-order chi connectivity index (χ0) is 9.84. The van der Waals surface area contributed by atoms with Crippen LogP contribution in [0, 0.1) is 0 Å². The second-order valence-electron chi connectivity index (χ2n) is 2.71. The molecule has 3 nitrogen and oxygen atoms in total. The third kappa shape index (κ3) is 2.70. The highest BCUT2D eigenvalue weighted by molar-refractivity contribution is 6.31.